The second-order valence-electron chi connectivity index (χ2n) is 6.75. The van der Waals surface area contributed by atoms with E-state index in [0.29, 0.717) is 18.2 Å². The van der Waals surface area contributed by atoms with Crippen LogP contribution in [0.5, 0.6) is 0 Å². The summed E-state index contributed by atoms with van der Waals surface area (Å²) in [4.78, 5) is 8.89. The van der Waals surface area contributed by atoms with E-state index in [1.165, 1.54) is 11.5 Å². The lowest BCUT2D eigenvalue weighted by molar-refractivity contribution is 0.278. The zero-order valence-corrected chi connectivity index (χ0v) is 15.1. The van der Waals surface area contributed by atoms with Gasteiger partial charge in [-0.25, -0.2) is 9.97 Å². The molecule has 0 aliphatic heterocycles. The Balaban J connectivity index is 1.55. The highest BCUT2D eigenvalue weighted by atomic mass is 32.1. The Labute approximate surface area is 154 Å². The quantitative estimate of drug-likeness (QED) is 0.661. The molecule has 2 N–H and O–H groups in total. The highest BCUT2D eigenvalue weighted by Gasteiger charge is 2.43. The Kier molecular flexibility index (Phi) is 4.41. The molecule has 136 valence electrons. The van der Waals surface area contributed by atoms with Gasteiger partial charge in [0.25, 0.3) is 0 Å². The van der Waals surface area contributed by atoms with Crippen molar-refractivity contribution in [2.24, 2.45) is 5.41 Å². The van der Waals surface area contributed by atoms with Crippen molar-refractivity contribution in [3.8, 4) is 11.3 Å². The number of nitrogens with zero attached hydrogens (tertiary/aromatic N) is 5. The Bertz CT molecular complexity index is 920. The molecule has 3 aromatic heterocycles. The zero-order chi connectivity index (χ0) is 18.1. The first-order chi connectivity index (χ1) is 12.6. The fraction of sp³-hybridized carbons (Fsp3) is 0.412. The van der Waals surface area contributed by atoms with Crippen LogP contribution >= 0.6 is 11.5 Å². The second kappa shape index (κ2) is 6.73. The van der Waals surface area contributed by atoms with Crippen LogP contribution in [0.1, 0.15) is 24.1 Å². The SMILES string of the molecule is Cc1cnc(Nc2cc(CO)ns2)nc1-c1cnn(CC2(CF)CC2)c1. The summed E-state index contributed by atoms with van der Waals surface area (Å²) in [6.45, 7) is 2.14. The van der Waals surface area contributed by atoms with Crippen molar-refractivity contribution in [2.75, 3.05) is 12.0 Å². The summed E-state index contributed by atoms with van der Waals surface area (Å²) >= 11 is 1.24. The molecule has 1 saturated carbocycles. The number of aryl methyl sites for hydroxylation is 1. The van der Waals surface area contributed by atoms with Crippen LogP contribution in [-0.4, -0.2) is 35.9 Å². The van der Waals surface area contributed by atoms with E-state index >= 15 is 0 Å². The summed E-state index contributed by atoms with van der Waals surface area (Å²) in [5, 5.41) is 17.3. The summed E-state index contributed by atoms with van der Waals surface area (Å²) in [7, 11) is 0. The number of nitrogens with one attached hydrogen (secondary N) is 1. The number of rotatable bonds is 7. The molecular formula is C17H19FN6OS. The summed E-state index contributed by atoms with van der Waals surface area (Å²) in [5.74, 6) is 0.453. The predicted octanol–water partition coefficient (Wildman–Crippen LogP) is 3.09. The highest BCUT2D eigenvalue weighted by molar-refractivity contribution is 7.10. The first-order valence-electron chi connectivity index (χ1n) is 8.37. The van der Waals surface area contributed by atoms with Crippen LogP contribution in [0.4, 0.5) is 15.3 Å². The topological polar surface area (TPSA) is 88.8 Å². The van der Waals surface area contributed by atoms with Gasteiger partial charge in [0, 0.05) is 29.9 Å². The molecule has 1 fully saturated rings. The zero-order valence-electron chi connectivity index (χ0n) is 14.3. The van der Waals surface area contributed by atoms with Crippen molar-refractivity contribution in [2.45, 2.75) is 32.9 Å². The number of alkyl halides is 1. The summed E-state index contributed by atoms with van der Waals surface area (Å²) in [6.07, 6.45) is 7.25. The number of aromatic nitrogens is 5. The van der Waals surface area contributed by atoms with Gasteiger partial charge in [-0.3, -0.25) is 9.07 Å². The molecule has 0 atom stereocenters. The minimum Gasteiger partial charge on any atom is -0.390 e. The van der Waals surface area contributed by atoms with Crippen LogP contribution in [0.2, 0.25) is 0 Å². The summed E-state index contributed by atoms with van der Waals surface area (Å²) in [5.41, 5.74) is 2.98. The standard InChI is InChI=1S/C17H19FN6OS/c1-11-5-19-16(21-14-4-13(8-25)23-26-14)22-15(11)12-6-20-24(7-12)10-17(9-18)2-3-17/h4-7,25H,2-3,8-10H2,1H3,(H,19,21,22). The minimum atomic E-state index is -0.298. The van der Waals surface area contributed by atoms with Gasteiger partial charge in [-0.1, -0.05) is 0 Å². The Morgan fingerprint density at radius 2 is 2.23 bits per heavy atom. The monoisotopic (exact) mass is 374 g/mol. The molecule has 9 heteroatoms. The Hall–Kier alpha value is -2.39. The number of aliphatic hydroxyl groups excluding tert-OH is 1. The van der Waals surface area contributed by atoms with Gasteiger partial charge in [0.1, 0.15) is 5.00 Å². The van der Waals surface area contributed by atoms with E-state index in [1.807, 2.05) is 13.1 Å². The fourth-order valence-corrected chi connectivity index (χ4v) is 3.43. The molecule has 0 aromatic carbocycles. The normalized spacial score (nSPS) is 15.2. The second-order valence-corrected chi connectivity index (χ2v) is 7.56. The van der Waals surface area contributed by atoms with Crippen molar-refractivity contribution in [3.05, 3.63) is 35.9 Å². The van der Waals surface area contributed by atoms with Crippen LogP contribution in [-0.2, 0) is 13.2 Å². The van der Waals surface area contributed by atoms with Gasteiger partial charge in [0.2, 0.25) is 5.95 Å². The van der Waals surface area contributed by atoms with Gasteiger partial charge in [-0.2, -0.15) is 9.47 Å². The Morgan fingerprint density at radius 1 is 1.38 bits per heavy atom. The number of hydrogen-bond donors (Lipinski definition) is 2. The van der Waals surface area contributed by atoms with Crippen molar-refractivity contribution in [3.63, 3.8) is 0 Å². The van der Waals surface area contributed by atoms with E-state index in [0.717, 1.165) is 34.7 Å². The molecule has 1 aliphatic rings. The van der Waals surface area contributed by atoms with Crippen LogP contribution in [0.15, 0.2) is 24.7 Å². The molecular weight excluding hydrogens is 355 g/mol. The van der Waals surface area contributed by atoms with Crippen molar-refractivity contribution >= 4 is 22.5 Å². The fourth-order valence-electron chi connectivity index (χ4n) is 2.78. The lowest BCUT2D eigenvalue weighted by Gasteiger charge is -2.09. The van der Waals surface area contributed by atoms with Crippen molar-refractivity contribution < 1.29 is 9.50 Å². The third-order valence-corrected chi connectivity index (χ3v) is 5.31. The van der Waals surface area contributed by atoms with Crippen molar-refractivity contribution in [1.82, 2.24) is 24.1 Å². The molecule has 4 rings (SSSR count). The third-order valence-electron chi connectivity index (χ3n) is 4.57. The van der Waals surface area contributed by atoms with Gasteiger partial charge in [0.15, 0.2) is 0 Å². The maximum Gasteiger partial charge on any atom is 0.228 e. The molecule has 26 heavy (non-hydrogen) atoms. The molecule has 3 heterocycles. The molecule has 7 nitrogen and oxygen atoms in total. The van der Waals surface area contributed by atoms with Crippen LogP contribution in [0, 0.1) is 12.3 Å². The number of aliphatic hydroxyl groups is 1. The first kappa shape index (κ1) is 17.0. The summed E-state index contributed by atoms with van der Waals surface area (Å²) in [6, 6.07) is 1.76. The minimum absolute atomic E-state index is 0.0995. The van der Waals surface area contributed by atoms with Crippen LogP contribution in [0.3, 0.4) is 0 Å². The molecule has 0 spiro atoms. The van der Waals surface area contributed by atoms with Gasteiger partial charge in [-0.15, -0.1) is 0 Å². The first-order valence-corrected chi connectivity index (χ1v) is 9.14. The lowest BCUT2D eigenvalue weighted by atomic mass is 10.1. The van der Waals surface area contributed by atoms with E-state index < -0.39 is 0 Å². The predicted molar refractivity (Wildman–Crippen MR) is 97.0 cm³/mol. The maximum atomic E-state index is 13.1. The number of anilines is 2. The van der Waals surface area contributed by atoms with Gasteiger partial charge < -0.3 is 10.4 Å². The average Bonchev–Trinajstić information content (AvgIpc) is 3.04. The van der Waals surface area contributed by atoms with E-state index in [1.54, 1.807) is 23.1 Å². The Morgan fingerprint density at radius 3 is 2.92 bits per heavy atom. The van der Waals surface area contributed by atoms with Gasteiger partial charge in [0.05, 0.1) is 30.9 Å². The molecule has 0 amide bonds. The number of hydrogen-bond acceptors (Lipinski definition) is 7. The smallest absolute Gasteiger partial charge is 0.228 e. The number of halogens is 1. The van der Waals surface area contributed by atoms with Gasteiger partial charge >= 0.3 is 0 Å². The van der Waals surface area contributed by atoms with E-state index in [4.69, 9.17) is 5.11 Å². The molecule has 0 radical (unpaired) electrons. The maximum absolute atomic E-state index is 13.1. The molecule has 1 aliphatic carbocycles. The molecule has 0 bridgehead atoms. The van der Waals surface area contributed by atoms with E-state index in [9.17, 15) is 4.39 Å². The lowest BCUT2D eigenvalue weighted by Crippen LogP contribution is -2.13. The molecule has 0 unspecified atom stereocenters. The van der Waals surface area contributed by atoms with Crippen molar-refractivity contribution in [1.29, 1.82) is 0 Å². The average molecular weight is 374 g/mol. The van der Waals surface area contributed by atoms with E-state index in [-0.39, 0.29) is 18.7 Å². The molecule has 0 saturated heterocycles. The van der Waals surface area contributed by atoms with E-state index in [2.05, 4.69) is 24.8 Å². The summed E-state index contributed by atoms with van der Waals surface area (Å²) < 4.78 is 19.0. The van der Waals surface area contributed by atoms with Crippen LogP contribution < -0.4 is 5.32 Å². The third kappa shape index (κ3) is 3.45. The van der Waals surface area contributed by atoms with Crippen LogP contribution in [0.25, 0.3) is 11.3 Å². The van der Waals surface area contributed by atoms with Gasteiger partial charge in [-0.05, 0) is 42.9 Å². The molecule has 3 aromatic rings. The highest BCUT2D eigenvalue weighted by Crippen LogP contribution is 2.47. The largest absolute Gasteiger partial charge is 0.390 e.